The van der Waals surface area contributed by atoms with Crippen molar-refractivity contribution in [2.24, 2.45) is 11.1 Å². The van der Waals surface area contributed by atoms with E-state index < -0.39 is 0 Å². The van der Waals surface area contributed by atoms with Crippen LogP contribution >= 0.6 is 0 Å². The van der Waals surface area contributed by atoms with Crippen LogP contribution < -0.4 is 5.73 Å². The number of hydrogen-bond acceptors (Lipinski definition) is 1. The molecule has 0 aromatic carbocycles. The first-order valence-electron chi connectivity index (χ1n) is 8.24. The Morgan fingerprint density at radius 3 is 1.50 bits per heavy atom. The van der Waals surface area contributed by atoms with Gasteiger partial charge in [-0.15, -0.1) is 0 Å². The molecular weight excluding hydrogens is 218 g/mol. The van der Waals surface area contributed by atoms with Gasteiger partial charge in [-0.25, -0.2) is 0 Å². The van der Waals surface area contributed by atoms with E-state index in [9.17, 15) is 0 Å². The highest BCUT2D eigenvalue weighted by molar-refractivity contribution is 4.76. The summed E-state index contributed by atoms with van der Waals surface area (Å²) in [6.45, 7) is 9.01. The molecule has 2 N–H and O–H groups in total. The topological polar surface area (TPSA) is 26.0 Å². The lowest BCUT2D eigenvalue weighted by molar-refractivity contribution is 0.298. The van der Waals surface area contributed by atoms with Crippen LogP contribution in [0.5, 0.6) is 0 Å². The first-order chi connectivity index (χ1) is 8.48. The van der Waals surface area contributed by atoms with Gasteiger partial charge in [0, 0.05) is 6.04 Å². The fraction of sp³-hybridized carbons (Fsp3) is 1.00. The summed E-state index contributed by atoms with van der Waals surface area (Å²) in [4.78, 5) is 0. The Morgan fingerprint density at radius 2 is 1.11 bits per heavy atom. The molecule has 0 saturated carbocycles. The van der Waals surface area contributed by atoms with E-state index in [4.69, 9.17) is 5.73 Å². The lowest BCUT2D eigenvalue weighted by Gasteiger charge is -2.26. The molecule has 0 amide bonds. The minimum atomic E-state index is 0.277. The minimum absolute atomic E-state index is 0.277. The van der Waals surface area contributed by atoms with Crippen LogP contribution in [0.4, 0.5) is 0 Å². The largest absolute Gasteiger partial charge is 0.327 e. The van der Waals surface area contributed by atoms with Crippen LogP contribution in [0.3, 0.4) is 0 Å². The highest BCUT2D eigenvalue weighted by Crippen LogP contribution is 2.22. The molecule has 0 heterocycles. The zero-order valence-corrected chi connectivity index (χ0v) is 13.4. The lowest BCUT2D eigenvalue weighted by Crippen LogP contribution is -2.34. The Bertz CT molecular complexity index is 169. The number of nitrogens with two attached hydrogens (primary N) is 1. The summed E-state index contributed by atoms with van der Waals surface area (Å²) in [5.41, 5.74) is 6.44. The van der Waals surface area contributed by atoms with Crippen LogP contribution in [0.15, 0.2) is 0 Å². The van der Waals surface area contributed by atoms with Crippen molar-refractivity contribution in [2.75, 3.05) is 0 Å². The second-order valence-corrected chi connectivity index (χ2v) is 6.94. The van der Waals surface area contributed by atoms with Crippen LogP contribution in [-0.4, -0.2) is 6.04 Å². The average Bonchev–Trinajstić information content (AvgIpc) is 2.30. The molecule has 0 aliphatic heterocycles. The monoisotopic (exact) mass is 255 g/mol. The minimum Gasteiger partial charge on any atom is -0.327 e. The van der Waals surface area contributed by atoms with Gasteiger partial charge in [0.15, 0.2) is 0 Å². The first-order valence-corrected chi connectivity index (χ1v) is 8.24. The molecule has 18 heavy (non-hydrogen) atoms. The van der Waals surface area contributed by atoms with Gasteiger partial charge in [-0.3, -0.25) is 0 Å². The molecule has 0 aliphatic rings. The van der Waals surface area contributed by atoms with E-state index in [0.717, 1.165) is 0 Å². The summed E-state index contributed by atoms with van der Waals surface area (Å²) in [6.07, 6.45) is 15.3. The zero-order valence-electron chi connectivity index (χ0n) is 13.4. The molecule has 0 aromatic heterocycles. The molecular formula is C17H37N. The van der Waals surface area contributed by atoms with Crippen LogP contribution in [0.1, 0.15) is 98.3 Å². The van der Waals surface area contributed by atoms with Gasteiger partial charge in [0.2, 0.25) is 0 Å². The number of hydrogen-bond donors (Lipinski definition) is 1. The maximum atomic E-state index is 6.16. The van der Waals surface area contributed by atoms with Gasteiger partial charge in [0.1, 0.15) is 0 Å². The molecule has 0 fully saturated rings. The first kappa shape index (κ1) is 18.0. The normalized spacial score (nSPS) is 13.8. The Morgan fingerprint density at radius 1 is 0.722 bits per heavy atom. The van der Waals surface area contributed by atoms with E-state index in [1.807, 2.05) is 0 Å². The van der Waals surface area contributed by atoms with Crippen molar-refractivity contribution in [3.8, 4) is 0 Å². The van der Waals surface area contributed by atoms with Crippen molar-refractivity contribution >= 4 is 0 Å². The summed E-state index contributed by atoms with van der Waals surface area (Å²) in [6, 6.07) is 0.367. The van der Waals surface area contributed by atoms with Gasteiger partial charge in [-0.2, -0.15) is 0 Å². The van der Waals surface area contributed by atoms with E-state index in [-0.39, 0.29) is 5.41 Å². The summed E-state index contributed by atoms with van der Waals surface area (Å²) in [7, 11) is 0. The summed E-state index contributed by atoms with van der Waals surface area (Å²) >= 11 is 0. The van der Waals surface area contributed by atoms with E-state index in [1.165, 1.54) is 70.6 Å². The Kier molecular flexibility index (Phi) is 10.8. The fourth-order valence-corrected chi connectivity index (χ4v) is 2.28. The van der Waals surface area contributed by atoms with Gasteiger partial charge in [0.05, 0.1) is 0 Å². The molecule has 1 nitrogen and oxygen atoms in total. The van der Waals surface area contributed by atoms with Crippen molar-refractivity contribution in [3.63, 3.8) is 0 Å². The molecule has 0 rings (SSSR count). The third kappa shape index (κ3) is 11.1. The second kappa shape index (κ2) is 10.8. The van der Waals surface area contributed by atoms with Crippen LogP contribution in [0.25, 0.3) is 0 Å². The Hall–Kier alpha value is -0.0400. The van der Waals surface area contributed by atoms with Crippen molar-refractivity contribution < 1.29 is 0 Å². The van der Waals surface area contributed by atoms with Crippen molar-refractivity contribution in [1.29, 1.82) is 0 Å². The molecule has 0 aliphatic carbocycles. The van der Waals surface area contributed by atoms with E-state index in [0.29, 0.717) is 6.04 Å². The molecule has 1 heteroatoms. The molecule has 0 spiro atoms. The number of unbranched alkanes of at least 4 members (excludes halogenated alkanes) is 9. The maximum absolute atomic E-state index is 6.16. The Balaban J connectivity index is 3.17. The van der Waals surface area contributed by atoms with Crippen LogP contribution in [0.2, 0.25) is 0 Å². The molecule has 0 saturated heterocycles. The van der Waals surface area contributed by atoms with Gasteiger partial charge < -0.3 is 5.73 Å². The summed E-state index contributed by atoms with van der Waals surface area (Å²) in [5, 5.41) is 0. The van der Waals surface area contributed by atoms with Crippen molar-refractivity contribution in [1.82, 2.24) is 0 Å². The average molecular weight is 255 g/mol. The van der Waals surface area contributed by atoms with E-state index in [1.54, 1.807) is 0 Å². The van der Waals surface area contributed by atoms with Gasteiger partial charge in [-0.1, -0.05) is 91.9 Å². The van der Waals surface area contributed by atoms with E-state index in [2.05, 4.69) is 27.7 Å². The molecule has 0 aromatic rings. The van der Waals surface area contributed by atoms with Crippen LogP contribution in [-0.2, 0) is 0 Å². The van der Waals surface area contributed by atoms with Crippen molar-refractivity contribution in [2.45, 2.75) is 104 Å². The smallest absolute Gasteiger partial charge is 0.00876 e. The highest BCUT2D eigenvalue weighted by atomic mass is 14.7. The molecule has 0 unspecified atom stereocenters. The SMILES string of the molecule is CCCCCCCCCCCC[C@@H](N)C(C)(C)C. The predicted octanol–water partition coefficient (Wildman–Crippen LogP) is 5.67. The molecule has 1 atom stereocenters. The standard InChI is InChI=1S/C17H37N/c1-5-6-7-8-9-10-11-12-13-14-15-16(18)17(2,3)4/h16H,5-15,18H2,1-4H3/t16-/m1/s1. The quantitative estimate of drug-likeness (QED) is 0.473. The highest BCUT2D eigenvalue weighted by Gasteiger charge is 2.19. The van der Waals surface area contributed by atoms with Gasteiger partial charge in [0.25, 0.3) is 0 Å². The fourth-order valence-electron chi connectivity index (χ4n) is 2.28. The lowest BCUT2D eigenvalue weighted by atomic mass is 9.84. The van der Waals surface area contributed by atoms with Crippen molar-refractivity contribution in [3.05, 3.63) is 0 Å². The molecule has 0 bridgehead atoms. The second-order valence-electron chi connectivity index (χ2n) is 6.94. The zero-order chi connectivity index (χ0) is 13.9. The third-order valence-electron chi connectivity index (χ3n) is 3.98. The third-order valence-corrected chi connectivity index (χ3v) is 3.98. The predicted molar refractivity (Wildman–Crippen MR) is 83.9 cm³/mol. The summed E-state index contributed by atoms with van der Waals surface area (Å²) < 4.78 is 0. The summed E-state index contributed by atoms with van der Waals surface area (Å²) in [5.74, 6) is 0. The number of rotatable bonds is 11. The maximum Gasteiger partial charge on any atom is 0.00876 e. The van der Waals surface area contributed by atoms with Gasteiger partial charge in [-0.05, 0) is 11.8 Å². The van der Waals surface area contributed by atoms with Gasteiger partial charge >= 0.3 is 0 Å². The molecule has 110 valence electrons. The molecule has 0 radical (unpaired) electrons. The van der Waals surface area contributed by atoms with Crippen LogP contribution in [0, 0.1) is 5.41 Å². The van der Waals surface area contributed by atoms with E-state index >= 15 is 0 Å². The Labute approximate surface area is 116 Å².